The summed E-state index contributed by atoms with van der Waals surface area (Å²) >= 11 is 0. The van der Waals surface area contributed by atoms with Crippen molar-refractivity contribution in [1.29, 1.82) is 0 Å². The fourth-order valence-electron chi connectivity index (χ4n) is 1.43. The minimum Gasteiger partial charge on any atom is -0.373 e. The molecule has 0 aliphatic heterocycles. The molecule has 1 fully saturated rings. The molecule has 1 N–H and O–H groups in total. The number of nitrogens with one attached hydrogen (secondary N) is 1. The monoisotopic (exact) mass is 177 g/mol. The first-order valence-electron chi connectivity index (χ1n) is 4.80. The Morgan fingerprint density at radius 3 is 2.85 bits per heavy atom. The lowest BCUT2D eigenvalue weighted by Gasteiger charge is -2.04. The van der Waals surface area contributed by atoms with Crippen LogP contribution < -0.4 is 5.32 Å². The molecule has 0 spiro atoms. The van der Waals surface area contributed by atoms with Gasteiger partial charge < -0.3 is 5.32 Å². The van der Waals surface area contributed by atoms with Gasteiger partial charge in [-0.2, -0.15) is 0 Å². The van der Waals surface area contributed by atoms with Crippen molar-refractivity contribution in [3.05, 3.63) is 17.6 Å². The minimum atomic E-state index is 0.853. The molecule has 0 amide bonds. The van der Waals surface area contributed by atoms with Gasteiger partial charge in [-0.25, -0.2) is 9.97 Å². The third-order valence-corrected chi connectivity index (χ3v) is 2.32. The Balaban J connectivity index is 2.17. The van der Waals surface area contributed by atoms with Crippen molar-refractivity contribution in [2.75, 3.05) is 12.4 Å². The van der Waals surface area contributed by atoms with Gasteiger partial charge in [-0.05, 0) is 25.7 Å². The maximum atomic E-state index is 4.41. The molecule has 1 aliphatic rings. The van der Waals surface area contributed by atoms with Crippen LogP contribution in [0.25, 0.3) is 0 Å². The molecule has 0 aromatic carbocycles. The first-order valence-corrected chi connectivity index (χ1v) is 4.80. The zero-order chi connectivity index (χ0) is 9.26. The molecule has 1 aromatic rings. The Morgan fingerprint density at radius 2 is 2.23 bits per heavy atom. The van der Waals surface area contributed by atoms with Crippen molar-refractivity contribution in [3.63, 3.8) is 0 Å². The van der Waals surface area contributed by atoms with Crippen LogP contribution in [0, 0.1) is 12.8 Å². The van der Waals surface area contributed by atoms with E-state index in [1.807, 2.05) is 20.0 Å². The third-order valence-electron chi connectivity index (χ3n) is 2.32. The second-order valence-corrected chi connectivity index (χ2v) is 3.71. The number of hydrogen-bond acceptors (Lipinski definition) is 3. The molecule has 1 heterocycles. The summed E-state index contributed by atoms with van der Waals surface area (Å²) in [7, 11) is 1.89. The highest BCUT2D eigenvalue weighted by Crippen LogP contribution is 2.31. The minimum absolute atomic E-state index is 0.853. The van der Waals surface area contributed by atoms with E-state index < -0.39 is 0 Å². The van der Waals surface area contributed by atoms with Gasteiger partial charge in [0.2, 0.25) is 0 Å². The predicted molar refractivity (Wildman–Crippen MR) is 52.7 cm³/mol. The number of anilines is 1. The molecule has 3 heteroatoms. The van der Waals surface area contributed by atoms with Gasteiger partial charge in [-0.1, -0.05) is 0 Å². The summed E-state index contributed by atoms with van der Waals surface area (Å²) in [6, 6.07) is 1.97. The van der Waals surface area contributed by atoms with E-state index in [0.717, 1.165) is 29.7 Å². The maximum Gasteiger partial charge on any atom is 0.131 e. The predicted octanol–water partition coefficient (Wildman–Crippen LogP) is 1.78. The van der Waals surface area contributed by atoms with Crippen molar-refractivity contribution in [1.82, 2.24) is 9.97 Å². The van der Waals surface area contributed by atoms with E-state index in [9.17, 15) is 0 Å². The van der Waals surface area contributed by atoms with Crippen molar-refractivity contribution in [2.45, 2.75) is 26.2 Å². The standard InChI is InChI=1S/C10H15N3/c1-7-5-9(11-2)13-10(12-7)6-8-3-4-8/h5,8H,3-4,6H2,1-2H3,(H,11,12,13). The Kier molecular flexibility index (Phi) is 2.17. The van der Waals surface area contributed by atoms with Gasteiger partial charge in [-0.3, -0.25) is 0 Å². The van der Waals surface area contributed by atoms with Crippen LogP contribution in [0.4, 0.5) is 5.82 Å². The molecule has 0 radical (unpaired) electrons. The van der Waals surface area contributed by atoms with Crippen LogP contribution in [0.15, 0.2) is 6.07 Å². The summed E-state index contributed by atoms with van der Waals surface area (Å²) in [6.45, 7) is 2.01. The molecule has 0 unspecified atom stereocenters. The highest BCUT2D eigenvalue weighted by Gasteiger charge is 2.22. The summed E-state index contributed by atoms with van der Waals surface area (Å²) in [6.07, 6.45) is 3.76. The Labute approximate surface area is 78.6 Å². The van der Waals surface area contributed by atoms with Gasteiger partial charge in [0.15, 0.2) is 0 Å². The molecule has 1 aromatic heterocycles. The number of hydrogen-bond donors (Lipinski definition) is 1. The zero-order valence-electron chi connectivity index (χ0n) is 8.17. The lowest BCUT2D eigenvalue weighted by molar-refractivity contribution is 0.765. The van der Waals surface area contributed by atoms with Crippen molar-refractivity contribution >= 4 is 5.82 Å². The number of nitrogens with zero attached hydrogens (tertiary/aromatic N) is 2. The van der Waals surface area contributed by atoms with E-state index in [1.54, 1.807) is 0 Å². The highest BCUT2D eigenvalue weighted by molar-refractivity contribution is 5.34. The molecule has 0 bridgehead atoms. The van der Waals surface area contributed by atoms with Gasteiger partial charge in [0.1, 0.15) is 11.6 Å². The first kappa shape index (κ1) is 8.48. The number of aryl methyl sites for hydroxylation is 1. The van der Waals surface area contributed by atoms with Gasteiger partial charge in [0, 0.05) is 25.2 Å². The smallest absolute Gasteiger partial charge is 0.131 e. The van der Waals surface area contributed by atoms with Crippen molar-refractivity contribution in [3.8, 4) is 0 Å². The van der Waals surface area contributed by atoms with E-state index >= 15 is 0 Å². The average Bonchev–Trinajstić information content (AvgIpc) is 2.87. The summed E-state index contributed by atoms with van der Waals surface area (Å²) in [5.74, 6) is 2.78. The van der Waals surface area contributed by atoms with Crippen LogP contribution in [-0.4, -0.2) is 17.0 Å². The summed E-state index contributed by atoms with van der Waals surface area (Å²) in [5, 5.41) is 3.05. The normalized spacial score (nSPS) is 15.8. The van der Waals surface area contributed by atoms with E-state index in [2.05, 4.69) is 15.3 Å². The molecule has 70 valence electrons. The van der Waals surface area contributed by atoms with Crippen LogP contribution >= 0.6 is 0 Å². The molecule has 13 heavy (non-hydrogen) atoms. The van der Waals surface area contributed by atoms with Crippen LogP contribution in [-0.2, 0) is 6.42 Å². The molecule has 0 atom stereocenters. The van der Waals surface area contributed by atoms with Gasteiger partial charge in [0.25, 0.3) is 0 Å². The quantitative estimate of drug-likeness (QED) is 0.764. The first-order chi connectivity index (χ1) is 6.28. The number of aromatic nitrogens is 2. The van der Waals surface area contributed by atoms with Crippen molar-refractivity contribution < 1.29 is 0 Å². The lowest BCUT2D eigenvalue weighted by Crippen LogP contribution is -2.02. The average molecular weight is 177 g/mol. The Hall–Kier alpha value is -1.12. The van der Waals surface area contributed by atoms with E-state index in [1.165, 1.54) is 12.8 Å². The highest BCUT2D eigenvalue weighted by atomic mass is 15.0. The SMILES string of the molecule is CNc1cc(C)nc(CC2CC2)n1. The fraction of sp³-hybridized carbons (Fsp3) is 0.600. The molecule has 1 aliphatic carbocycles. The van der Waals surface area contributed by atoms with Crippen LogP contribution in [0.5, 0.6) is 0 Å². The maximum absolute atomic E-state index is 4.41. The second-order valence-electron chi connectivity index (χ2n) is 3.71. The summed E-state index contributed by atoms with van der Waals surface area (Å²) in [4.78, 5) is 8.82. The molecular formula is C10H15N3. The summed E-state index contributed by atoms with van der Waals surface area (Å²) in [5.41, 5.74) is 1.05. The van der Waals surface area contributed by atoms with Crippen molar-refractivity contribution in [2.24, 2.45) is 5.92 Å². The third kappa shape index (κ3) is 2.17. The topological polar surface area (TPSA) is 37.8 Å². The van der Waals surface area contributed by atoms with E-state index in [4.69, 9.17) is 0 Å². The molecule has 1 saturated carbocycles. The fourth-order valence-corrected chi connectivity index (χ4v) is 1.43. The van der Waals surface area contributed by atoms with Gasteiger partial charge in [-0.15, -0.1) is 0 Å². The van der Waals surface area contributed by atoms with Crippen LogP contribution in [0.2, 0.25) is 0 Å². The largest absolute Gasteiger partial charge is 0.373 e. The summed E-state index contributed by atoms with van der Waals surface area (Å²) < 4.78 is 0. The van der Waals surface area contributed by atoms with Gasteiger partial charge in [0.05, 0.1) is 0 Å². The molecular weight excluding hydrogens is 162 g/mol. The van der Waals surface area contributed by atoms with Gasteiger partial charge >= 0.3 is 0 Å². The van der Waals surface area contributed by atoms with Crippen LogP contribution in [0.1, 0.15) is 24.4 Å². The molecule has 0 saturated heterocycles. The van der Waals surface area contributed by atoms with E-state index in [0.29, 0.717) is 0 Å². The number of rotatable bonds is 3. The second kappa shape index (κ2) is 3.32. The van der Waals surface area contributed by atoms with E-state index in [-0.39, 0.29) is 0 Å². The Morgan fingerprint density at radius 1 is 1.46 bits per heavy atom. The Bertz CT molecular complexity index is 305. The lowest BCUT2D eigenvalue weighted by atomic mass is 10.2. The van der Waals surface area contributed by atoms with Crippen LogP contribution in [0.3, 0.4) is 0 Å². The molecule has 3 nitrogen and oxygen atoms in total. The zero-order valence-corrected chi connectivity index (χ0v) is 8.17. The molecule has 2 rings (SSSR count).